The van der Waals surface area contributed by atoms with Crippen LogP contribution in [0.3, 0.4) is 0 Å². The normalized spacial score (nSPS) is 14.2. The van der Waals surface area contributed by atoms with Crippen molar-refractivity contribution in [2.45, 2.75) is 57.3 Å². The fourth-order valence-corrected chi connectivity index (χ4v) is 4.12. The van der Waals surface area contributed by atoms with Gasteiger partial charge in [0.15, 0.2) is 17.1 Å². The molecule has 40 heavy (non-hydrogen) atoms. The summed E-state index contributed by atoms with van der Waals surface area (Å²) in [4.78, 5) is 17.4. The molecule has 0 fully saturated rings. The van der Waals surface area contributed by atoms with Gasteiger partial charge in [0.1, 0.15) is 6.04 Å². The van der Waals surface area contributed by atoms with Crippen molar-refractivity contribution in [3.05, 3.63) is 54.0 Å². The van der Waals surface area contributed by atoms with E-state index in [1.807, 2.05) is 0 Å². The van der Waals surface area contributed by atoms with Crippen LogP contribution in [0.1, 0.15) is 44.0 Å². The number of carbonyl (C=O) groups excluding carboxylic acids is 1. The summed E-state index contributed by atoms with van der Waals surface area (Å²) in [6.45, 7) is 2.94. The first-order valence-corrected chi connectivity index (χ1v) is 11.9. The van der Waals surface area contributed by atoms with Crippen LogP contribution in [0, 0.1) is 0 Å². The average Bonchev–Trinajstić information content (AvgIpc) is 3.30. The first-order chi connectivity index (χ1) is 18.4. The molecule has 3 aromatic rings. The average molecular weight is 584 g/mol. The van der Waals surface area contributed by atoms with Crippen molar-refractivity contribution in [1.82, 2.24) is 19.6 Å². The van der Waals surface area contributed by atoms with E-state index in [4.69, 9.17) is 4.74 Å². The minimum Gasteiger partial charge on any atom is -0.493 e. The first-order valence-electron chi connectivity index (χ1n) is 11.9. The van der Waals surface area contributed by atoms with Crippen LogP contribution in [-0.4, -0.2) is 52.4 Å². The Morgan fingerprint density at radius 2 is 1.73 bits per heavy atom. The number of fused-ring (bicyclic) bond motifs is 1. The molecule has 220 valence electrons. The van der Waals surface area contributed by atoms with Crippen LogP contribution in [0.2, 0.25) is 0 Å². The summed E-state index contributed by atoms with van der Waals surface area (Å²) in [7, 11) is 1.26. The smallest absolute Gasteiger partial charge is 0.434 e. The summed E-state index contributed by atoms with van der Waals surface area (Å²) in [6.07, 6.45) is -15.5. The molecule has 2 amide bonds. The van der Waals surface area contributed by atoms with E-state index in [1.165, 1.54) is 33.2 Å². The highest BCUT2D eigenvalue weighted by Gasteiger charge is 2.43. The third-order valence-corrected chi connectivity index (χ3v) is 6.21. The predicted molar refractivity (Wildman–Crippen MR) is 127 cm³/mol. The zero-order chi connectivity index (χ0) is 30.0. The number of carbonyl (C=O) groups is 1. The Morgan fingerprint density at radius 3 is 2.27 bits per heavy atom. The Labute approximate surface area is 222 Å². The molecule has 2 atom stereocenters. The number of rotatable bonds is 8. The van der Waals surface area contributed by atoms with E-state index < -0.39 is 55.2 Å². The highest BCUT2D eigenvalue weighted by atomic mass is 19.4. The number of hydrogen-bond donors (Lipinski definition) is 1. The molecular weight excluding hydrogens is 559 g/mol. The molecule has 1 N–H and O–H groups in total. The van der Waals surface area contributed by atoms with E-state index in [2.05, 4.69) is 4.98 Å². The molecule has 1 unspecified atom stereocenters. The molecule has 6 nitrogen and oxygen atoms in total. The SMILES string of the molecule is CCN(C(=O)NC(CCC(F)(F)F)C(F)(F)F)[C@H](C)c1cccc(-c2cc(OC)c3nc(C(F)(F)F)cn3c2)c1. The first kappa shape index (κ1) is 30.9. The number of amides is 2. The van der Waals surface area contributed by atoms with Gasteiger partial charge in [-0.1, -0.05) is 18.2 Å². The minimum absolute atomic E-state index is 0.0538. The van der Waals surface area contributed by atoms with Crippen molar-refractivity contribution in [2.75, 3.05) is 13.7 Å². The van der Waals surface area contributed by atoms with Gasteiger partial charge in [-0.2, -0.15) is 39.5 Å². The van der Waals surface area contributed by atoms with Crippen molar-refractivity contribution in [2.24, 2.45) is 0 Å². The lowest BCUT2D eigenvalue weighted by molar-refractivity contribution is -0.171. The molecule has 0 saturated carbocycles. The van der Waals surface area contributed by atoms with Gasteiger partial charge in [0.05, 0.1) is 13.2 Å². The van der Waals surface area contributed by atoms with Crippen molar-refractivity contribution in [1.29, 1.82) is 0 Å². The van der Waals surface area contributed by atoms with Crippen LogP contribution in [0.4, 0.5) is 44.3 Å². The van der Waals surface area contributed by atoms with E-state index in [0.29, 0.717) is 16.7 Å². The quantitative estimate of drug-likeness (QED) is 0.281. The molecule has 3 rings (SSSR count). The van der Waals surface area contributed by atoms with E-state index >= 15 is 0 Å². The maximum Gasteiger partial charge on any atom is 0.434 e. The summed E-state index contributed by atoms with van der Waals surface area (Å²) in [5, 5.41) is 1.67. The van der Waals surface area contributed by atoms with Gasteiger partial charge >= 0.3 is 24.6 Å². The molecule has 0 saturated heterocycles. The lowest BCUT2D eigenvalue weighted by Gasteiger charge is -2.31. The zero-order valence-electron chi connectivity index (χ0n) is 21.4. The van der Waals surface area contributed by atoms with Gasteiger partial charge in [-0.05, 0) is 43.5 Å². The minimum atomic E-state index is -5.10. The number of nitrogens with one attached hydrogen (secondary N) is 1. The Kier molecular flexibility index (Phi) is 8.84. The fraction of sp³-hybridized carbons (Fsp3) is 0.440. The van der Waals surface area contributed by atoms with Gasteiger partial charge in [-0.3, -0.25) is 0 Å². The molecule has 15 heteroatoms. The van der Waals surface area contributed by atoms with Crippen LogP contribution in [0.15, 0.2) is 42.7 Å². The Hall–Kier alpha value is -3.65. The Balaban J connectivity index is 1.89. The van der Waals surface area contributed by atoms with Crippen LogP contribution >= 0.6 is 0 Å². The predicted octanol–water partition coefficient (Wildman–Crippen LogP) is 7.39. The number of pyridine rings is 1. The molecule has 0 bridgehead atoms. The van der Waals surface area contributed by atoms with Gasteiger partial charge in [-0.15, -0.1) is 0 Å². The number of ether oxygens (including phenoxy) is 1. The summed E-state index contributed by atoms with van der Waals surface area (Å²) < 4.78 is 124. The second kappa shape index (κ2) is 11.5. The molecule has 0 aliphatic heterocycles. The number of imidazole rings is 1. The van der Waals surface area contributed by atoms with Gasteiger partial charge < -0.3 is 19.4 Å². The number of nitrogens with zero attached hydrogens (tertiary/aromatic N) is 3. The van der Waals surface area contributed by atoms with E-state index in [1.54, 1.807) is 29.6 Å². The second-order valence-electron chi connectivity index (χ2n) is 8.94. The molecule has 0 aliphatic rings. The van der Waals surface area contributed by atoms with Crippen LogP contribution in [0.5, 0.6) is 5.75 Å². The van der Waals surface area contributed by atoms with E-state index in [-0.39, 0.29) is 17.9 Å². The monoisotopic (exact) mass is 584 g/mol. The topological polar surface area (TPSA) is 58.9 Å². The molecule has 0 aliphatic carbocycles. The second-order valence-corrected chi connectivity index (χ2v) is 8.94. The number of halogens is 9. The molecule has 0 radical (unpaired) electrons. The van der Waals surface area contributed by atoms with Crippen molar-refractivity contribution >= 4 is 11.7 Å². The van der Waals surface area contributed by atoms with E-state index in [9.17, 15) is 44.3 Å². The Morgan fingerprint density at radius 1 is 1.05 bits per heavy atom. The molecule has 2 aromatic heterocycles. The van der Waals surface area contributed by atoms with Crippen LogP contribution < -0.4 is 10.1 Å². The number of urea groups is 1. The molecule has 1 aromatic carbocycles. The summed E-state index contributed by atoms with van der Waals surface area (Å²) in [5.74, 6) is 0.0538. The Bertz CT molecular complexity index is 1330. The zero-order valence-corrected chi connectivity index (χ0v) is 21.4. The largest absolute Gasteiger partial charge is 0.493 e. The summed E-state index contributed by atoms with van der Waals surface area (Å²) in [6, 6.07) is 3.13. The van der Waals surface area contributed by atoms with Crippen LogP contribution in [0.25, 0.3) is 16.8 Å². The highest BCUT2D eigenvalue weighted by Crippen LogP contribution is 2.34. The number of aromatic nitrogens is 2. The van der Waals surface area contributed by atoms with Crippen LogP contribution in [-0.2, 0) is 6.18 Å². The molecule has 0 spiro atoms. The third-order valence-electron chi connectivity index (χ3n) is 6.21. The van der Waals surface area contributed by atoms with E-state index in [0.717, 1.165) is 15.5 Å². The highest BCUT2D eigenvalue weighted by molar-refractivity contribution is 5.75. The fourth-order valence-electron chi connectivity index (χ4n) is 4.12. The van der Waals surface area contributed by atoms with Crippen molar-refractivity contribution < 1.29 is 49.0 Å². The maximum absolute atomic E-state index is 13.3. The molecular formula is C25H25F9N4O2. The standard InChI is InChI=1S/C25H25F9N4O2/c1-4-38(22(39)36-19(24(29,30)31)8-9-23(26,27)28)14(2)15-6-5-7-16(10-15)17-11-18(40-3)21-35-20(25(32,33)34)13-37(21)12-17/h5-7,10-14,19H,4,8-9H2,1-3H3,(H,36,39)/t14-,19?/m1/s1. The summed E-state index contributed by atoms with van der Waals surface area (Å²) in [5.41, 5.74) is 0.168. The number of methoxy groups -OCH3 is 1. The lowest BCUT2D eigenvalue weighted by atomic mass is 10.00. The molecule has 2 heterocycles. The van der Waals surface area contributed by atoms with Gasteiger partial charge in [0.25, 0.3) is 0 Å². The number of benzene rings is 1. The number of alkyl halides is 9. The number of hydrogen-bond acceptors (Lipinski definition) is 3. The lowest BCUT2D eigenvalue weighted by Crippen LogP contribution is -2.51. The van der Waals surface area contributed by atoms with Crippen molar-refractivity contribution in [3.8, 4) is 16.9 Å². The van der Waals surface area contributed by atoms with Gasteiger partial charge in [-0.25, -0.2) is 9.78 Å². The maximum atomic E-state index is 13.3. The third kappa shape index (κ3) is 7.30. The van der Waals surface area contributed by atoms with Crippen molar-refractivity contribution in [3.63, 3.8) is 0 Å². The van der Waals surface area contributed by atoms with Gasteiger partial charge in [0, 0.05) is 30.9 Å². The summed E-state index contributed by atoms with van der Waals surface area (Å²) >= 11 is 0. The van der Waals surface area contributed by atoms with Gasteiger partial charge in [0.2, 0.25) is 0 Å².